The van der Waals surface area contributed by atoms with Gasteiger partial charge in [-0.15, -0.1) is 11.3 Å². The van der Waals surface area contributed by atoms with E-state index < -0.39 is 0 Å². The Morgan fingerprint density at radius 2 is 2.09 bits per heavy atom. The number of aromatic amines is 1. The van der Waals surface area contributed by atoms with Crippen molar-refractivity contribution in [1.29, 1.82) is 0 Å². The molecule has 3 aromatic rings. The number of amides is 1. The molecule has 3 aromatic heterocycles. The van der Waals surface area contributed by atoms with Crippen molar-refractivity contribution in [3.05, 3.63) is 23.2 Å². The zero-order valence-corrected chi connectivity index (χ0v) is 19.3. The fourth-order valence-corrected chi connectivity index (χ4v) is 5.80. The summed E-state index contributed by atoms with van der Waals surface area (Å²) in [6.45, 7) is 5.25. The zero-order chi connectivity index (χ0) is 22.1. The molecule has 2 bridgehead atoms. The highest BCUT2D eigenvalue weighted by atomic mass is 32.1. The van der Waals surface area contributed by atoms with Gasteiger partial charge < -0.3 is 20.9 Å². The van der Waals surface area contributed by atoms with Crippen molar-refractivity contribution in [2.45, 2.75) is 64.1 Å². The average molecular weight is 455 g/mol. The third-order valence-electron chi connectivity index (χ3n) is 6.38. The Kier molecular flexibility index (Phi) is 5.97. The second-order valence-electron chi connectivity index (χ2n) is 8.72. The van der Waals surface area contributed by atoms with Gasteiger partial charge in [0.25, 0.3) is 0 Å². The number of thiophene rings is 1. The number of aromatic nitrogens is 4. The van der Waals surface area contributed by atoms with Crippen LogP contribution in [0.3, 0.4) is 0 Å². The van der Waals surface area contributed by atoms with Crippen LogP contribution in [-0.4, -0.2) is 62.2 Å². The molecule has 10 heteroatoms. The number of piperidine rings is 2. The van der Waals surface area contributed by atoms with Gasteiger partial charge in [-0.25, -0.2) is 4.98 Å². The smallest absolute Gasteiger partial charge is 0.237 e. The number of likely N-dealkylation sites (N-methyl/N-ethyl adjacent to an activating group) is 1. The minimum Gasteiger partial charge on any atom is -0.351 e. The van der Waals surface area contributed by atoms with E-state index >= 15 is 0 Å². The maximum Gasteiger partial charge on any atom is 0.237 e. The second kappa shape index (κ2) is 9.03. The predicted octanol–water partition coefficient (Wildman–Crippen LogP) is 3.40. The number of nitrogens with zero attached hydrogens (tertiary/aromatic N) is 4. The molecule has 0 saturated carbocycles. The standard InChI is InChI=1S/C22H30N8OS/c1-3-23-12-19(31)30-15-5-4-6-16(30)11-14(10-15)24-22-25-17-7-8-32-20(17)21(27-22)26-18-9-13(2)28-29-18/h7-9,14-16,23H,3-6,10-12H2,1-2H3,(H3,24,25,26,27,28,29)/t14?,15-,16+. The molecule has 1 unspecified atom stereocenters. The van der Waals surface area contributed by atoms with Gasteiger partial charge >= 0.3 is 0 Å². The predicted molar refractivity (Wildman–Crippen MR) is 127 cm³/mol. The molecule has 4 N–H and O–H groups in total. The SMILES string of the molecule is CCNCC(=O)N1[C@@H]2CCC[C@H]1CC(Nc1nc(Nc3cc(C)[nH]n3)c3sccc3n1)C2. The van der Waals surface area contributed by atoms with Gasteiger partial charge in [0.15, 0.2) is 11.6 Å². The Labute approximate surface area is 191 Å². The van der Waals surface area contributed by atoms with Crippen LogP contribution in [0.2, 0.25) is 0 Å². The third-order valence-corrected chi connectivity index (χ3v) is 7.29. The molecule has 0 radical (unpaired) electrons. The summed E-state index contributed by atoms with van der Waals surface area (Å²) in [5, 5.41) is 19.4. The van der Waals surface area contributed by atoms with Gasteiger partial charge in [0, 0.05) is 29.9 Å². The average Bonchev–Trinajstić information content (AvgIpc) is 3.40. The molecule has 0 aromatic carbocycles. The van der Waals surface area contributed by atoms with Crippen LogP contribution >= 0.6 is 11.3 Å². The Morgan fingerprint density at radius 1 is 1.28 bits per heavy atom. The first-order valence-corrected chi connectivity index (χ1v) is 12.3. The van der Waals surface area contributed by atoms with Crippen LogP contribution in [0, 0.1) is 6.92 Å². The van der Waals surface area contributed by atoms with Crippen LogP contribution in [0.4, 0.5) is 17.6 Å². The van der Waals surface area contributed by atoms with Gasteiger partial charge in [0.2, 0.25) is 11.9 Å². The van der Waals surface area contributed by atoms with Crippen molar-refractivity contribution in [1.82, 2.24) is 30.4 Å². The fraction of sp³-hybridized carbons (Fsp3) is 0.545. The van der Waals surface area contributed by atoms with Crippen LogP contribution in [0.1, 0.15) is 44.7 Å². The Balaban J connectivity index is 1.33. The number of aryl methyl sites for hydroxylation is 1. The Morgan fingerprint density at radius 3 is 2.81 bits per heavy atom. The second-order valence-corrected chi connectivity index (χ2v) is 9.64. The van der Waals surface area contributed by atoms with Crippen molar-refractivity contribution in [2.75, 3.05) is 23.7 Å². The van der Waals surface area contributed by atoms with Crippen LogP contribution in [-0.2, 0) is 4.79 Å². The minimum absolute atomic E-state index is 0.233. The number of anilines is 3. The largest absolute Gasteiger partial charge is 0.351 e. The highest BCUT2D eigenvalue weighted by Gasteiger charge is 2.40. The van der Waals surface area contributed by atoms with E-state index in [0.29, 0.717) is 24.6 Å². The number of hydrogen-bond donors (Lipinski definition) is 4. The third kappa shape index (κ3) is 4.29. The first-order valence-electron chi connectivity index (χ1n) is 11.4. The molecule has 5 heterocycles. The highest BCUT2D eigenvalue weighted by molar-refractivity contribution is 7.17. The zero-order valence-electron chi connectivity index (χ0n) is 18.5. The van der Waals surface area contributed by atoms with Crippen LogP contribution < -0.4 is 16.0 Å². The molecule has 170 valence electrons. The molecule has 2 aliphatic rings. The first-order chi connectivity index (χ1) is 15.6. The van der Waals surface area contributed by atoms with Crippen LogP contribution in [0.5, 0.6) is 0 Å². The monoisotopic (exact) mass is 454 g/mol. The van der Waals surface area contributed by atoms with Crippen LogP contribution in [0.25, 0.3) is 10.2 Å². The summed E-state index contributed by atoms with van der Waals surface area (Å²) in [7, 11) is 0. The molecular formula is C22H30N8OS. The molecule has 5 rings (SSSR count). The van der Waals surface area contributed by atoms with E-state index in [0.717, 1.165) is 59.8 Å². The maximum absolute atomic E-state index is 12.8. The normalized spacial score (nSPS) is 22.8. The summed E-state index contributed by atoms with van der Waals surface area (Å²) in [6.07, 6.45) is 5.20. The molecule has 2 aliphatic heterocycles. The maximum atomic E-state index is 12.8. The summed E-state index contributed by atoms with van der Waals surface area (Å²) in [6, 6.07) is 4.81. The number of carbonyl (C=O) groups is 1. The Hall–Kier alpha value is -2.72. The van der Waals surface area contributed by atoms with Crippen molar-refractivity contribution in [2.24, 2.45) is 0 Å². The van der Waals surface area contributed by atoms with Gasteiger partial charge in [0.1, 0.15) is 0 Å². The van der Waals surface area contributed by atoms with Gasteiger partial charge in [-0.3, -0.25) is 9.89 Å². The molecule has 9 nitrogen and oxygen atoms in total. The summed E-state index contributed by atoms with van der Waals surface area (Å²) in [5.74, 6) is 2.36. The highest BCUT2D eigenvalue weighted by Crippen LogP contribution is 2.36. The lowest BCUT2D eigenvalue weighted by molar-refractivity contribution is -0.139. The number of hydrogen-bond acceptors (Lipinski definition) is 8. The van der Waals surface area contributed by atoms with E-state index in [-0.39, 0.29) is 11.9 Å². The van der Waals surface area contributed by atoms with E-state index in [1.54, 1.807) is 11.3 Å². The summed E-state index contributed by atoms with van der Waals surface area (Å²) in [5.41, 5.74) is 1.91. The van der Waals surface area contributed by atoms with Gasteiger partial charge in [-0.05, 0) is 57.0 Å². The minimum atomic E-state index is 0.233. The van der Waals surface area contributed by atoms with E-state index in [4.69, 9.17) is 9.97 Å². The van der Waals surface area contributed by atoms with Gasteiger partial charge in [-0.1, -0.05) is 6.92 Å². The summed E-state index contributed by atoms with van der Waals surface area (Å²) >= 11 is 1.61. The molecule has 32 heavy (non-hydrogen) atoms. The van der Waals surface area contributed by atoms with Crippen molar-refractivity contribution in [3.8, 4) is 0 Å². The topological polar surface area (TPSA) is 111 Å². The van der Waals surface area contributed by atoms with E-state index in [1.807, 2.05) is 31.4 Å². The van der Waals surface area contributed by atoms with Crippen molar-refractivity contribution >= 4 is 45.0 Å². The summed E-state index contributed by atoms with van der Waals surface area (Å²) < 4.78 is 1.01. The van der Waals surface area contributed by atoms with E-state index in [9.17, 15) is 4.79 Å². The molecule has 0 aliphatic carbocycles. The summed E-state index contributed by atoms with van der Waals surface area (Å²) in [4.78, 5) is 24.5. The van der Waals surface area contributed by atoms with Crippen LogP contribution in [0.15, 0.2) is 17.5 Å². The first kappa shape index (κ1) is 21.1. The molecule has 1 amide bonds. The quantitative estimate of drug-likeness (QED) is 0.433. The molecule has 2 fully saturated rings. The lowest BCUT2D eigenvalue weighted by atomic mass is 9.81. The van der Waals surface area contributed by atoms with Gasteiger partial charge in [0.05, 0.1) is 16.8 Å². The van der Waals surface area contributed by atoms with Crippen molar-refractivity contribution in [3.63, 3.8) is 0 Å². The lowest BCUT2D eigenvalue weighted by Crippen LogP contribution is -2.58. The number of H-pyrrole nitrogens is 1. The molecule has 3 atom stereocenters. The number of carbonyl (C=O) groups excluding carboxylic acids is 1. The number of fused-ring (bicyclic) bond motifs is 3. The fourth-order valence-electron chi connectivity index (χ4n) is 5.03. The Bertz CT molecular complexity index is 1080. The molecule has 2 saturated heterocycles. The molecular weight excluding hydrogens is 424 g/mol. The number of nitrogens with one attached hydrogen (secondary N) is 4. The number of rotatable bonds is 7. The van der Waals surface area contributed by atoms with Gasteiger partial charge in [-0.2, -0.15) is 10.1 Å². The molecule has 0 spiro atoms. The van der Waals surface area contributed by atoms with E-state index in [1.165, 1.54) is 6.42 Å². The lowest BCUT2D eigenvalue weighted by Gasteiger charge is -2.49. The van der Waals surface area contributed by atoms with E-state index in [2.05, 4.69) is 31.0 Å². The van der Waals surface area contributed by atoms with Crippen molar-refractivity contribution < 1.29 is 4.79 Å².